The first kappa shape index (κ1) is 14.5. The summed E-state index contributed by atoms with van der Waals surface area (Å²) in [7, 11) is 0. The average molecular weight is 368 g/mol. The van der Waals surface area contributed by atoms with Crippen molar-refractivity contribution in [1.82, 2.24) is 0 Å². The van der Waals surface area contributed by atoms with E-state index >= 15 is 0 Å². The Balaban J connectivity index is 1.52. The molecule has 4 heteroatoms. The topological polar surface area (TPSA) is 12.0 Å². The van der Waals surface area contributed by atoms with Crippen LogP contribution in [0.5, 0.6) is 0 Å². The van der Waals surface area contributed by atoms with Crippen molar-refractivity contribution < 1.29 is 0 Å². The second-order valence-corrected chi connectivity index (χ2v) is 8.83. The third-order valence-corrected chi connectivity index (χ3v) is 6.48. The van der Waals surface area contributed by atoms with Crippen LogP contribution in [0.25, 0.3) is 0 Å². The molecular formula is C16H18BrNS2. The van der Waals surface area contributed by atoms with Gasteiger partial charge >= 0.3 is 0 Å². The lowest BCUT2D eigenvalue weighted by Crippen LogP contribution is -1.98. The largest absolute Gasteiger partial charge is 0.381 e. The van der Waals surface area contributed by atoms with Crippen molar-refractivity contribution in [2.24, 2.45) is 0 Å². The molecule has 0 amide bonds. The highest BCUT2D eigenvalue weighted by Gasteiger charge is 2.15. The van der Waals surface area contributed by atoms with E-state index in [-0.39, 0.29) is 0 Å². The van der Waals surface area contributed by atoms with E-state index in [1.165, 1.54) is 45.6 Å². The summed E-state index contributed by atoms with van der Waals surface area (Å²) in [5, 5.41) is 6.50. The highest BCUT2D eigenvalue weighted by atomic mass is 79.9. The summed E-state index contributed by atoms with van der Waals surface area (Å²) in [6, 6.07) is 11.0. The Morgan fingerprint density at radius 3 is 2.60 bits per heavy atom. The Bertz CT molecular complexity index is 544. The van der Waals surface area contributed by atoms with E-state index in [0.29, 0.717) is 0 Å². The molecule has 0 bridgehead atoms. The van der Waals surface area contributed by atoms with Crippen LogP contribution in [0.4, 0.5) is 5.69 Å². The molecule has 1 aliphatic rings. The smallest absolute Gasteiger partial charge is 0.0701 e. The van der Waals surface area contributed by atoms with E-state index in [1.54, 1.807) is 11.3 Å². The Hall–Kier alpha value is -0.450. The summed E-state index contributed by atoms with van der Waals surface area (Å²) in [6.07, 6.45) is 5.59. The molecule has 1 saturated carbocycles. The van der Waals surface area contributed by atoms with Gasteiger partial charge in [0.2, 0.25) is 0 Å². The van der Waals surface area contributed by atoms with Crippen molar-refractivity contribution in [2.75, 3.05) is 5.32 Å². The molecule has 0 radical (unpaired) electrons. The number of benzene rings is 1. The predicted molar refractivity (Wildman–Crippen MR) is 93.9 cm³/mol. The van der Waals surface area contributed by atoms with Gasteiger partial charge in [-0.3, -0.25) is 0 Å². The van der Waals surface area contributed by atoms with Crippen LogP contribution in [-0.2, 0) is 6.54 Å². The first-order chi connectivity index (χ1) is 9.79. The Morgan fingerprint density at radius 2 is 1.95 bits per heavy atom. The van der Waals surface area contributed by atoms with Crippen LogP contribution in [0.2, 0.25) is 0 Å². The van der Waals surface area contributed by atoms with E-state index in [1.807, 2.05) is 11.8 Å². The lowest BCUT2D eigenvalue weighted by molar-refractivity contribution is 0.886. The van der Waals surface area contributed by atoms with E-state index in [0.717, 1.165) is 11.8 Å². The zero-order valence-electron chi connectivity index (χ0n) is 11.3. The molecule has 106 valence electrons. The van der Waals surface area contributed by atoms with Gasteiger partial charge in [-0.2, -0.15) is 0 Å². The van der Waals surface area contributed by atoms with Gasteiger partial charge in [-0.15, -0.1) is 23.1 Å². The molecule has 0 saturated heterocycles. The van der Waals surface area contributed by atoms with Crippen LogP contribution in [0.1, 0.15) is 31.2 Å². The zero-order valence-corrected chi connectivity index (χ0v) is 14.5. The molecule has 3 rings (SSSR count). The number of nitrogens with one attached hydrogen (secondary N) is 1. The molecule has 0 unspecified atom stereocenters. The summed E-state index contributed by atoms with van der Waals surface area (Å²) in [6.45, 7) is 0.886. The molecule has 1 N–H and O–H groups in total. The van der Waals surface area contributed by atoms with Gasteiger partial charge in [0, 0.05) is 22.4 Å². The lowest BCUT2D eigenvalue weighted by Gasteiger charge is -2.10. The minimum absolute atomic E-state index is 0.844. The fourth-order valence-electron chi connectivity index (χ4n) is 2.49. The number of thioether (sulfide) groups is 1. The van der Waals surface area contributed by atoms with Gasteiger partial charge in [0.05, 0.1) is 3.79 Å². The first-order valence-corrected chi connectivity index (χ1v) is 9.58. The lowest BCUT2D eigenvalue weighted by atomic mass is 10.3. The molecule has 1 aromatic carbocycles. The van der Waals surface area contributed by atoms with Gasteiger partial charge < -0.3 is 5.32 Å². The standard InChI is InChI=1S/C16H18BrNS2/c17-16-9-12(11-19-16)10-18-13-5-7-15(8-6-13)20-14-3-1-2-4-14/h5-9,11,14,18H,1-4,10H2. The van der Waals surface area contributed by atoms with E-state index in [2.05, 4.69) is 57.0 Å². The summed E-state index contributed by atoms with van der Waals surface area (Å²) in [5.41, 5.74) is 2.52. The van der Waals surface area contributed by atoms with Gasteiger partial charge in [-0.25, -0.2) is 0 Å². The molecule has 2 aromatic rings. The minimum Gasteiger partial charge on any atom is -0.381 e. The highest BCUT2D eigenvalue weighted by Crippen LogP contribution is 2.35. The molecule has 0 atom stereocenters. The van der Waals surface area contributed by atoms with Crippen LogP contribution in [0.3, 0.4) is 0 Å². The van der Waals surface area contributed by atoms with Crippen LogP contribution in [-0.4, -0.2) is 5.25 Å². The number of rotatable bonds is 5. The van der Waals surface area contributed by atoms with Gasteiger partial charge in [-0.1, -0.05) is 12.8 Å². The van der Waals surface area contributed by atoms with Crippen molar-refractivity contribution in [3.8, 4) is 0 Å². The van der Waals surface area contributed by atoms with E-state index in [4.69, 9.17) is 0 Å². The maximum absolute atomic E-state index is 3.50. The fraction of sp³-hybridized carbons (Fsp3) is 0.375. The average Bonchev–Trinajstić information content (AvgIpc) is 3.10. The van der Waals surface area contributed by atoms with Crippen molar-refractivity contribution >= 4 is 44.7 Å². The number of anilines is 1. The van der Waals surface area contributed by atoms with Crippen molar-refractivity contribution in [3.63, 3.8) is 0 Å². The van der Waals surface area contributed by atoms with Gasteiger partial charge in [0.1, 0.15) is 0 Å². The molecular weight excluding hydrogens is 350 g/mol. The van der Waals surface area contributed by atoms with Gasteiger partial charge in [0.15, 0.2) is 0 Å². The van der Waals surface area contributed by atoms with Gasteiger partial charge in [0.25, 0.3) is 0 Å². The SMILES string of the molecule is Brc1cc(CNc2ccc(SC3CCCC3)cc2)cs1. The van der Waals surface area contributed by atoms with Crippen molar-refractivity contribution in [2.45, 2.75) is 42.4 Å². The summed E-state index contributed by atoms with van der Waals surface area (Å²) < 4.78 is 1.19. The minimum atomic E-state index is 0.844. The number of thiophene rings is 1. The van der Waals surface area contributed by atoms with Crippen LogP contribution in [0, 0.1) is 0 Å². The summed E-state index contributed by atoms with van der Waals surface area (Å²) in [5.74, 6) is 0. The number of halogens is 1. The van der Waals surface area contributed by atoms with E-state index < -0.39 is 0 Å². The second-order valence-electron chi connectivity index (χ2n) is 5.16. The van der Waals surface area contributed by atoms with E-state index in [9.17, 15) is 0 Å². The molecule has 1 fully saturated rings. The zero-order chi connectivity index (χ0) is 13.8. The van der Waals surface area contributed by atoms with Crippen LogP contribution < -0.4 is 5.32 Å². The molecule has 20 heavy (non-hydrogen) atoms. The number of hydrogen-bond donors (Lipinski definition) is 1. The Morgan fingerprint density at radius 1 is 1.20 bits per heavy atom. The molecule has 1 aliphatic carbocycles. The molecule has 0 aliphatic heterocycles. The van der Waals surface area contributed by atoms with Crippen molar-refractivity contribution in [1.29, 1.82) is 0 Å². The third kappa shape index (κ3) is 4.03. The summed E-state index contributed by atoms with van der Waals surface area (Å²) >= 11 is 7.28. The van der Waals surface area contributed by atoms with Crippen molar-refractivity contribution in [3.05, 3.63) is 45.1 Å². The highest BCUT2D eigenvalue weighted by molar-refractivity contribution is 9.11. The maximum atomic E-state index is 3.50. The molecule has 1 aromatic heterocycles. The number of hydrogen-bond acceptors (Lipinski definition) is 3. The Kier molecular flexibility index (Phi) is 5.08. The predicted octanol–water partition coefficient (Wildman–Crippen LogP) is 6.16. The van der Waals surface area contributed by atoms with Crippen LogP contribution >= 0.6 is 39.0 Å². The monoisotopic (exact) mass is 367 g/mol. The second kappa shape index (κ2) is 7.01. The molecule has 1 heterocycles. The first-order valence-electron chi connectivity index (χ1n) is 7.03. The molecule has 1 nitrogen and oxygen atoms in total. The normalized spacial score (nSPS) is 15.7. The third-order valence-electron chi connectivity index (χ3n) is 3.58. The fourth-order valence-corrected chi connectivity index (χ4v) is 4.95. The molecule has 0 spiro atoms. The summed E-state index contributed by atoms with van der Waals surface area (Å²) in [4.78, 5) is 1.40. The maximum Gasteiger partial charge on any atom is 0.0701 e. The van der Waals surface area contributed by atoms with Crippen LogP contribution in [0.15, 0.2) is 44.4 Å². The Labute approximate surface area is 137 Å². The quantitative estimate of drug-likeness (QED) is 0.679. The van der Waals surface area contributed by atoms with Gasteiger partial charge in [-0.05, 0) is 70.0 Å².